The average Bonchev–Trinajstić information content (AvgIpc) is 3.44. The van der Waals surface area contributed by atoms with Crippen molar-refractivity contribution in [2.24, 2.45) is 0 Å². The van der Waals surface area contributed by atoms with Gasteiger partial charge in [0.1, 0.15) is 98.8 Å². The number of aliphatic hydroxyl groups excluding tert-OH is 4. The van der Waals surface area contributed by atoms with Gasteiger partial charge in [0.2, 0.25) is 12.5 Å². The lowest BCUT2D eigenvalue weighted by atomic mass is 9.97. The number of hydrogen-bond donors (Lipinski definition) is 4. The highest BCUT2D eigenvalue weighted by molar-refractivity contribution is 7.86. The maximum atomic E-state index is 11.6. The number of benzene rings is 2. The lowest BCUT2D eigenvalue weighted by Crippen LogP contribution is -3.00. The van der Waals surface area contributed by atoms with Crippen molar-refractivity contribution >= 4 is 20.2 Å². The Hall–Kier alpha value is -1.48. The first-order valence-corrected chi connectivity index (χ1v) is 34.3. The number of fused-ring (bicyclic) bond motifs is 6. The second kappa shape index (κ2) is 38.5. The van der Waals surface area contributed by atoms with Crippen molar-refractivity contribution in [1.82, 2.24) is 0 Å². The molecule has 0 radical (unpaired) electrons. The predicted molar refractivity (Wildman–Crippen MR) is 312 cm³/mol. The Morgan fingerprint density at radius 3 is 0.762 bits per heavy atom. The molecule has 4 bridgehead atoms. The quantitative estimate of drug-likeness (QED) is 0.0427. The van der Waals surface area contributed by atoms with E-state index in [-0.39, 0.29) is 34.6 Å². The van der Waals surface area contributed by atoms with E-state index in [2.05, 4.69) is 13.8 Å². The normalized spacial score (nSPS) is 23.8. The van der Waals surface area contributed by atoms with Crippen LogP contribution in [-0.2, 0) is 20.2 Å². The molecule has 6 aliphatic rings. The smallest absolute Gasteiger partial charge is 0.220 e. The molecule has 6 saturated heterocycles. The lowest BCUT2D eigenvalue weighted by Gasteiger charge is -2.59. The standard InChI is InChI=1S/C48H98N4O4.2C7H8O3S.2ClH/c1-3-5-7-9-11-13-15-17-19-21-23-25-27-29-31-49-33-39-51(40-34-49,41-35-49)47(55)45(53)46(54)48(56)52-42-36-50(37-43-52,38-44-52)32-30-28-26-24-22-20-18-16-14-12-10-8-6-4-2;2*1-6-2-4-7(5-3-6)11(8,9)10;;/h45-48,53-56H,3-44H2,1-2H3;2*2-5H,1H3,(H,8,9,10);2*1H/q+4;;;;/p-4/t45-,46-,47+,48+,49?,50?,51?,52?;;;;/m1..../s1. The van der Waals surface area contributed by atoms with E-state index in [9.17, 15) is 46.4 Å². The minimum absolute atomic E-state index is 0. The molecule has 0 saturated carbocycles. The van der Waals surface area contributed by atoms with E-state index in [4.69, 9.17) is 0 Å². The molecular formula is C62H112Cl2N4O10S2. The highest BCUT2D eigenvalue weighted by Crippen LogP contribution is 2.35. The van der Waals surface area contributed by atoms with Gasteiger partial charge in [-0.1, -0.05) is 203 Å². The van der Waals surface area contributed by atoms with Crippen molar-refractivity contribution in [2.45, 2.75) is 242 Å². The molecule has 0 spiro atoms. The second-order valence-corrected chi connectivity index (χ2v) is 27.5. The van der Waals surface area contributed by atoms with Crippen LogP contribution >= 0.6 is 0 Å². The number of nitrogens with zero attached hydrogens (tertiary/aromatic N) is 4. The fourth-order valence-electron chi connectivity index (χ4n) is 13.0. The Morgan fingerprint density at radius 2 is 0.562 bits per heavy atom. The number of hydrogen-bond acceptors (Lipinski definition) is 10. The zero-order valence-electron chi connectivity index (χ0n) is 50.2. The highest BCUT2D eigenvalue weighted by atomic mass is 35.5. The Labute approximate surface area is 499 Å². The van der Waals surface area contributed by atoms with Crippen molar-refractivity contribution in [2.75, 3.05) is 91.6 Å². The molecular weight excluding hydrogens is 1100 g/mol. The topological polar surface area (TPSA) is 195 Å². The number of rotatable bonds is 37. The van der Waals surface area contributed by atoms with Gasteiger partial charge in [0, 0.05) is 0 Å². The van der Waals surface area contributed by atoms with Crippen LogP contribution in [0.5, 0.6) is 0 Å². The molecule has 466 valence electrons. The van der Waals surface area contributed by atoms with Crippen LogP contribution < -0.4 is 24.8 Å². The van der Waals surface area contributed by atoms with Crippen molar-refractivity contribution in [3.63, 3.8) is 0 Å². The first-order valence-electron chi connectivity index (χ1n) is 31.4. The molecule has 0 amide bonds. The van der Waals surface area contributed by atoms with Crippen molar-refractivity contribution < 1.29 is 89.1 Å². The average molecular weight is 1210 g/mol. The monoisotopic (exact) mass is 1210 g/mol. The molecule has 18 heteroatoms. The number of quaternary nitrogens is 4. The highest BCUT2D eigenvalue weighted by Gasteiger charge is 2.59. The van der Waals surface area contributed by atoms with Crippen LogP contribution in [0.25, 0.3) is 0 Å². The largest absolute Gasteiger partial charge is 1.00 e. The van der Waals surface area contributed by atoms with E-state index in [1.807, 2.05) is 13.8 Å². The zero-order valence-corrected chi connectivity index (χ0v) is 53.4. The number of aryl methyl sites for hydroxylation is 2. The lowest BCUT2D eigenvalue weighted by molar-refractivity contribution is -1.10. The molecule has 6 aliphatic heterocycles. The first-order chi connectivity index (χ1) is 37.2. The van der Waals surface area contributed by atoms with Gasteiger partial charge in [0.25, 0.3) is 0 Å². The molecule has 0 aliphatic carbocycles. The predicted octanol–water partition coefficient (Wildman–Crippen LogP) is 4.44. The second-order valence-electron chi connectivity index (χ2n) is 24.8. The van der Waals surface area contributed by atoms with Gasteiger partial charge in [-0.05, 0) is 63.8 Å². The number of aliphatic hydroxyl groups is 4. The van der Waals surface area contributed by atoms with Crippen LogP contribution in [0.3, 0.4) is 0 Å². The molecule has 0 aromatic heterocycles. The molecule has 14 nitrogen and oxygen atoms in total. The Bertz CT molecular complexity index is 1960. The number of piperazine rings is 6. The number of halogens is 2. The van der Waals surface area contributed by atoms with Gasteiger partial charge in [-0.15, -0.1) is 0 Å². The summed E-state index contributed by atoms with van der Waals surface area (Å²) >= 11 is 0. The maximum absolute atomic E-state index is 11.6. The molecule has 2 aromatic rings. The van der Waals surface area contributed by atoms with Crippen LogP contribution in [0.2, 0.25) is 0 Å². The van der Waals surface area contributed by atoms with Gasteiger partial charge >= 0.3 is 0 Å². The molecule has 4 N–H and O–H groups in total. The first kappa shape index (κ1) is 74.6. The fraction of sp³-hybridized carbons (Fsp3) is 0.806. The van der Waals surface area contributed by atoms with E-state index < -0.39 is 44.9 Å². The summed E-state index contributed by atoms with van der Waals surface area (Å²) in [5.41, 5.74) is 1.86. The Kier molecular flexibility index (Phi) is 36.0. The van der Waals surface area contributed by atoms with Crippen LogP contribution in [0.15, 0.2) is 58.3 Å². The van der Waals surface area contributed by atoms with Gasteiger partial charge in [-0.3, -0.25) is 8.97 Å². The summed E-state index contributed by atoms with van der Waals surface area (Å²) in [5, 5.41) is 46.1. The van der Waals surface area contributed by atoms with E-state index in [0.717, 1.165) is 89.7 Å². The van der Waals surface area contributed by atoms with Gasteiger partial charge in [0.05, 0.1) is 22.9 Å². The van der Waals surface area contributed by atoms with Crippen LogP contribution in [0, 0.1) is 13.8 Å². The third-order valence-corrected chi connectivity index (χ3v) is 20.5. The minimum atomic E-state index is -4.27. The van der Waals surface area contributed by atoms with E-state index in [0.29, 0.717) is 8.97 Å². The molecule has 6 heterocycles. The van der Waals surface area contributed by atoms with E-state index in [1.54, 1.807) is 24.3 Å². The third-order valence-electron chi connectivity index (χ3n) is 18.8. The Morgan fingerprint density at radius 1 is 0.362 bits per heavy atom. The SMILES string of the molecule is CCCCCCCCCCCCCCCC[N+]12CC[N+]([C@@H](O)[C@H](O)[C@@H](O)[C@H](O)[N+]34CC[N+](CCCCCCCCCCCCCCCC)(CC3)CC4)(CC1)CC2.Cc1ccc(S(=O)(=O)[O-])cc1.Cc1ccc(S(=O)(=O)[O-])cc1.[Cl-].[Cl-]. The summed E-state index contributed by atoms with van der Waals surface area (Å²) < 4.78 is 65.7. The summed E-state index contributed by atoms with van der Waals surface area (Å²) in [7, 11) is -8.54. The van der Waals surface area contributed by atoms with Gasteiger partial charge in [0.15, 0.2) is 12.2 Å². The zero-order chi connectivity index (χ0) is 57.0. The molecule has 4 atom stereocenters. The van der Waals surface area contributed by atoms with Gasteiger partial charge in [-0.25, -0.2) is 16.8 Å². The van der Waals surface area contributed by atoms with Crippen LogP contribution in [0.4, 0.5) is 0 Å². The molecule has 8 rings (SSSR count). The molecule has 6 fully saturated rings. The van der Waals surface area contributed by atoms with Crippen molar-refractivity contribution in [3.8, 4) is 0 Å². The minimum Gasteiger partial charge on any atom is -1.00 e. The number of unbranched alkanes of at least 4 members (excludes halogenated alkanes) is 26. The van der Waals surface area contributed by atoms with Gasteiger partial charge in [-0.2, -0.15) is 0 Å². The maximum Gasteiger partial charge on any atom is 0.220 e. The van der Waals surface area contributed by atoms with Crippen molar-refractivity contribution in [3.05, 3.63) is 59.7 Å². The third kappa shape index (κ3) is 25.6. The summed E-state index contributed by atoms with van der Waals surface area (Å²) in [6.07, 6.45) is 34.3. The van der Waals surface area contributed by atoms with E-state index in [1.165, 1.54) is 226 Å². The summed E-state index contributed by atoms with van der Waals surface area (Å²) in [5.74, 6) is 0. The molecule has 0 unspecified atom stereocenters. The van der Waals surface area contributed by atoms with Gasteiger partial charge < -0.3 is 63.3 Å². The van der Waals surface area contributed by atoms with Crippen LogP contribution in [-0.4, -0.2) is 181 Å². The van der Waals surface area contributed by atoms with Crippen molar-refractivity contribution in [1.29, 1.82) is 0 Å². The summed E-state index contributed by atoms with van der Waals surface area (Å²) in [6.45, 7) is 22.2. The molecule has 2 aromatic carbocycles. The molecule has 80 heavy (non-hydrogen) atoms. The van der Waals surface area contributed by atoms with Crippen LogP contribution in [0.1, 0.15) is 205 Å². The summed E-state index contributed by atoms with van der Waals surface area (Å²) in [4.78, 5) is -0.355. The fourth-order valence-corrected chi connectivity index (χ4v) is 13.9. The van der Waals surface area contributed by atoms with E-state index >= 15 is 0 Å². The summed E-state index contributed by atoms with van der Waals surface area (Å²) in [6, 6.07) is 11.6. The Balaban J connectivity index is 0.000000750.